The van der Waals surface area contributed by atoms with Crippen molar-refractivity contribution in [2.24, 2.45) is 11.8 Å². The summed E-state index contributed by atoms with van der Waals surface area (Å²) in [6.45, 7) is 13.9. The Morgan fingerprint density at radius 2 is 1.91 bits per heavy atom. The Morgan fingerprint density at radius 3 is 2.63 bits per heavy atom. The first-order chi connectivity index (χ1) is 16.9. The van der Waals surface area contributed by atoms with Crippen molar-refractivity contribution >= 4 is 5.91 Å². The van der Waals surface area contributed by atoms with E-state index in [4.69, 9.17) is 9.47 Å². The third-order valence-corrected chi connectivity index (χ3v) is 7.55. The van der Waals surface area contributed by atoms with E-state index in [0.29, 0.717) is 12.0 Å². The maximum Gasteiger partial charge on any atom is 0.228 e. The largest absolute Gasteiger partial charge is 0.377 e. The number of aromatic nitrogens is 3. The quantitative estimate of drug-likeness (QED) is 0.527. The SMILES string of the molecule is CC(C)CC#Cc1cn([C@H](C)C[C@@H]2CC[C@H]([C@@H](C)C(=O)N3CCN(CC4CCCO4)CC3)O2)nn1. The molecule has 0 bridgehead atoms. The number of nitrogens with zero attached hydrogens (tertiary/aromatic N) is 5. The minimum Gasteiger partial charge on any atom is -0.377 e. The van der Waals surface area contributed by atoms with Gasteiger partial charge in [-0.15, -0.1) is 5.10 Å². The molecule has 0 saturated carbocycles. The third kappa shape index (κ3) is 7.28. The van der Waals surface area contributed by atoms with Crippen LogP contribution in [0.4, 0.5) is 0 Å². The average molecular weight is 486 g/mol. The van der Waals surface area contributed by atoms with Crippen molar-refractivity contribution in [3.63, 3.8) is 0 Å². The van der Waals surface area contributed by atoms with Gasteiger partial charge in [0.05, 0.1) is 36.5 Å². The molecular formula is C27H43N5O3. The number of ether oxygens (including phenoxy) is 2. The van der Waals surface area contributed by atoms with Crippen LogP contribution in [-0.2, 0) is 14.3 Å². The molecule has 8 heteroatoms. The Morgan fingerprint density at radius 1 is 1.11 bits per heavy atom. The van der Waals surface area contributed by atoms with Gasteiger partial charge in [0.25, 0.3) is 0 Å². The monoisotopic (exact) mass is 485 g/mol. The van der Waals surface area contributed by atoms with Crippen LogP contribution in [0.3, 0.4) is 0 Å². The Balaban J connectivity index is 1.20. The van der Waals surface area contributed by atoms with Gasteiger partial charge in [0.15, 0.2) is 5.69 Å². The van der Waals surface area contributed by atoms with Gasteiger partial charge in [0.1, 0.15) is 0 Å². The van der Waals surface area contributed by atoms with E-state index in [1.807, 2.05) is 22.7 Å². The number of carbonyl (C=O) groups is 1. The molecule has 0 radical (unpaired) electrons. The average Bonchev–Trinajstić information content (AvgIpc) is 3.61. The van der Waals surface area contributed by atoms with E-state index in [2.05, 4.69) is 47.8 Å². The lowest BCUT2D eigenvalue weighted by molar-refractivity contribution is -0.141. The first-order valence-corrected chi connectivity index (χ1v) is 13.6. The van der Waals surface area contributed by atoms with Crippen molar-refractivity contribution in [3.8, 4) is 11.8 Å². The zero-order chi connectivity index (χ0) is 24.8. The summed E-state index contributed by atoms with van der Waals surface area (Å²) in [7, 11) is 0. The molecule has 0 spiro atoms. The molecule has 1 amide bonds. The molecule has 3 saturated heterocycles. The fourth-order valence-corrected chi connectivity index (χ4v) is 5.33. The van der Waals surface area contributed by atoms with Crippen LogP contribution in [0.15, 0.2) is 6.20 Å². The highest BCUT2D eigenvalue weighted by Gasteiger charge is 2.36. The second kappa shape index (κ2) is 12.3. The van der Waals surface area contributed by atoms with E-state index < -0.39 is 0 Å². The van der Waals surface area contributed by atoms with Crippen LogP contribution < -0.4 is 0 Å². The van der Waals surface area contributed by atoms with E-state index in [9.17, 15) is 4.79 Å². The fraction of sp³-hybridized carbons (Fsp3) is 0.815. The Kier molecular flexibility index (Phi) is 9.21. The minimum atomic E-state index is -0.103. The highest BCUT2D eigenvalue weighted by molar-refractivity contribution is 5.79. The Labute approximate surface area is 210 Å². The molecule has 4 rings (SSSR count). The molecule has 35 heavy (non-hydrogen) atoms. The molecule has 0 aromatic carbocycles. The molecular weight excluding hydrogens is 442 g/mol. The number of carbonyl (C=O) groups excluding carboxylic acids is 1. The predicted molar refractivity (Wildman–Crippen MR) is 135 cm³/mol. The number of hydrogen-bond donors (Lipinski definition) is 0. The van der Waals surface area contributed by atoms with Gasteiger partial charge in [-0.2, -0.15) is 0 Å². The van der Waals surface area contributed by atoms with E-state index in [0.717, 1.165) is 70.7 Å². The number of rotatable bonds is 8. The van der Waals surface area contributed by atoms with Crippen molar-refractivity contribution in [3.05, 3.63) is 11.9 Å². The predicted octanol–water partition coefficient (Wildman–Crippen LogP) is 3.13. The highest BCUT2D eigenvalue weighted by atomic mass is 16.5. The fourth-order valence-electron chi connectivity index (χ4n) is 5.33. The van der Waals surface area contributed by atoms with E-state index >= 15 is 0 Å². The van der Waals surface area contributed by atoms with Gasteiger partial charge in [-0.25, -0.2) is 4.68 Å². The molecule has 0 aliphatic carbocycles. The van der Waals surface area contributed by atoms with Crippen LogP contribution >= 0.6 is 0 Å². The summed E-state index contributed by atoms with van der Waals surface area (Å²) < 4.78 is 14.0. The standard InChI is InChI=1S/C27H43N5O3/c1-20(2)7-5-8-23-18-32(29-28-23)21(3)17-24-10-11-26(35-24)22(4)27(33)31-14-12-30(13-15-31)19-25-9-6-16-34-25/h18,20-22,24-26H,6-7,9-17,19H2,1-4H3/t21-,22-,24+,25?,26-/m1/s1. The zero-order valence-corrected chi connectivity index (χ0v) is 22.0. The van der Waals surface area contributed by atoms with Crippen LogP contribution in [-0.4, -0.2) is 88.3 Å². The van der Waals surface area contributed by atoms with Gasteiger partial charge < -0.3 is 14.4 Å². The summed E-state index contributed by atoms with van der Waals surface area (Å²) in [5.41, 5.74) is 0.720. The summed E-state index contributed by atoms with van der Waals surface area (Å²) in [6, 6.07) is 0.176. The summed E-state index contributed by atoms with van der Waals surface area (Å²) in [4.78, 5) is 17.7. The summed E-state index contributed by atoms with van der Waals surface area (Å²) in [5, 5.41) is 8.47. The molecule has 5 atom stereocenters. The zero-order valence-electron chi connectivity index (χ0n) is 22.0. The molecule has 8 nitrogen and oxygen atoms in total. The molecule has 1 unspecified atom stereocenters. The maximum absolute atomic E-state index is 13.2. The van der Waals surface area contributed by atoms with E-state index in [-0.39, 0.29) is 30.1 Å². The van der Waals surface area contributed by atoms with Crippen LogP contribution in [0.1, 0.15) is 78.0 Å². The lowest BCUT2D eigenvalue weighted by atomic mass is 9.99. The van der Waals surface area contributed by atoms with Gasteiger partial charge in [-0.1, -0.05) is 31.9 Å². The highest BCUT2D eigenvalue weighted by Crippen LogP contribution is 2.31. The van der Waals surface area contributed by atoms with Crippen molar-refractivity contribution in [1.82, 2.24) is 24.8 Å². The molecule has 3 aliphatic rings. The Hall–Kier alpha value is -1.95. The first kappa shape index (κ1) is 26.1. The van der Waals surface area contributed by atoms with Crippen molar-refractivity contribution in [1.29, 1.82) is 0 Å². The molecule has 4 heterocycles. The number of hydrogen-bond acceptors (Lipinski definition) is 6. The van der Waals surface area contributed by atoms with Gasteiger partial charge in [-0.05, 0) is 50.9 Å². The van der Waals surface area contributed by atoms with Crippen LogP contribution in [0.25, 0.3) is 0 Å². The second-order valence-corrected chi connectivity index (χ2v) is 11.0. The van der Waals surface area contributed by atoms with Crippen LogP contribution in [0.2, 0.25) is 0 Å². The van der Waals surface area contributed by atoms with Crippen LogP contribution in [0, 0.1) is 23.7 Å². The lowest BCUT2D eigenvalue weighted by Crippen LogP contribution is -2.52. The van der Waals surface area contributed by atoms with E-state index in [1.54, 1.807) is 0 Å². The third-order valence-electron chi connectivity index (χ3n) is 7.55. The Bertz CT molecular complexity index is 877. The first-order valence-electron chi connectivity index (χ1n) is 13.6. The van der Waals surface area contributed by atoms with Gasteiger partial charge in [-0.3, -0.25) is 9.69 Å². The molecule has 194 valence electrons. The molecule has 3 aliphatic heterocycles. The summed E-state index contributed by atoms with van der Waals surface area (Å²) in [6.07, 6.45) is 8.44. The lowest BCUT2D eigenvalue weighted by Gasteiger charge is -2.37. The number of amides is 1. The van der Waals surface area contributed by atoms with Crippen molar-refractivity contribution in [2.45, 2.75) is 90.6 Å². The normalized spacial score (nSPS) is 27.1. The van der Waals surface area contributed by atoms with Gasteiger partial charge >= 0.3 is 0 Å². The summed E-state index contributed by atoms with van der Waals surface area (Å²) >= 11 is 0. The molecule has 1 aromatic heterocycles. The minimum absolute atomic E-state index is 0.00201. The van der Waals surface area contributed by atoms with Gasteiger partial charge in [0, 0.05) is 45.8 Å². The maximum atomic E-state index is 13.2. The second-order valence-electron chi connectivity index (χ2n) is 11.0. The molecule has 1 aromatic rings. The smallest absolute Gasteiger partial charge is 0.228 e. The van der Waals surface area contributed by atoms with Crippen molar-refractivity contribution in [2.75, 3.05) is 39.3 Å². The van der Waals surface area contributed by atoms with Gasteiger partial charge in [0.2, 0.25) is 5.91 Å². The summed E-state index contributed by atoms with van der Waals surface area (Å²) in [5.74, 6) is 6.96. The number of piperazine rings is 1. The van der Waals surface area contributed by atoms with Crippen molar-refractivity contribution < 1.29 is 14.3 Å². The van der Waals surface area contributed by atoms with Crippen LogP contribution in [0.5, 0.6) is 0 Å². The van der Waals surface area contributed by atoms with E-state index in [1.165, 1.54) is 12.8 Å². The topological polar surface area (TPSA) is 72.7 Å². The molecule has 0 N–H and O–H groups in total. The molecule has 3 fully saturated rings.